The third-order valence-electron chi connectivity index (χ3n) is 10.7. The summed E-state index contributed by atoms with van der Waals surface area (Å²) >= 11 is 0. The molecule has 0 amide bonds. The van der Waals surface area contributed by atoms with Crippen LogP contribution in [0.25, 0.3) is 0 Å². The summed E-state index contributed by atoms with van der Waals surface area (Å²) in [5, 5.41) is 0. The molecule has 1 aromatic rings. The first-order valence-electron chi connectivity index (χ1n) is 12.3. The van der Waals surface area contributed by atoms with Gasteiger partial charge in [-0.25, -0.2) is 4.79 Å². The Hall–Kier alpha value is -2.19. The summed E-state index contributed by atoms with van der Waals surface area (Å²) in [5.41, 5.74) is -2.78. The highest BCUT2D eigenvalue weighted by Gasteiger charge is 2.89. The molecule has 0 radical (unpaired) electrons. The summed E-state index contributed by atoms with van der Waals surface area (Å²) in [6.45, 7) is 8.36. The van der Waals surface area contributed by atoms with Crippen LogP contribution in [-0.4, -0.2) is 47.7 Å². The quantitative estimate of drug-likeness (QED) is 0.455. The summed E-state index contributed by atoms with van der Waals surface area (Å²) in [6, 6.07) is 1.81. The van der Waals surface area contributed by atoms with Gasteiger partial charge in [0.05, 0.1) is 36.1 Å². The molecular weight excluding hydrogens is 440 g/mol. The Morgan fingerprint density at radius 2 is 1.76 bits per heavy atom. The molecule has 4 aliphatic heterocycles. The maximum absolute atomic E-state index is 14.2. The summed E-state index contributed by atoms with van der Waals surface area (Å²) in [7, 11) is 0. The van der Waals surface area contributed by atoms with Crippen molar-refractivity contribution in [2.24, 2.45) is 28.1 Å². The van der Waals surface area contributed by atoms with Crippen molar-refractivity contribution in [1.82, 2.24) is 0 Å². The van der Waals surface area contributed by atoms with Crippen molar-refractivity contribution < 1.29 is 37.7 Å². The molecule has 8 heteroatoms. The molecular formula is C26H30O8. The second-order valence-corrected chi connectivity index (χ2v) is 12.2. The van der Waals surface area contributed by atoms with Crippen molar-refractivity contribution in [2.75, 3.05) is 6.61 Å². The van der Waals surface area contributed by atoms with Gasteiger partial charge in [0, 0.05) is 28.7 Å². The fraction of sp³-hybridized carbons (Fsp3) is 0.731. The van der Waals surface area contributed by atoms with Crippen LogP contribution in [0.1, 0.15) is 65.0 Å². The first-order chi connectivity index (χ1) is 16.0. The van der Waals surface area contributed by atoms with Gasteiger partial charge in [-0.15, -0.1) is 0 Å². The summed E-state index contributed by atoms with van der Waals surface area (Å²) < 4.78 is 29.8. The van der Waals surface area contributed by atoms with E-state index in [0.29, 0.717) is 12.8 Å². The Balaban J connectivity index is 1.41. The van der Waals surface area contributed by atoms with Crippen LogP contribution in [0.3, 0.4) is 0 Å². The van der Waals surface area contributed by atoms with Crippen LogP contribution in [0.5, 0.6) is 0 Å². The molecule has 4 saturated heterocycles. The number of hydrogen-bond donors (Lipinski definition) is 0. The van der Waals surface area contributed by atoms with Gasteiger partial charge in [-0.3, -0.25) is 9.59 Å². The van der Waals surface area contributed by atoms with Crippen LogP contribution in [0.15, 0.2) is 23.0 Å². The normalized spacial score (nSPS) is 52.4. The van der Waals surface area contributed by atoms with E-state index in [2.05, 4.69) is 6.92 Å². The summed E-state index contributed by atoms with van der Waals surface area (Å²) in [6.07, 6.45) is 3.46. The predicted octanol–water partition coefficient (Wildman–Crippen LogP) is 3.14. The van der Waals surface area contributed by atoms with Gasteiger partial charge < -0.3 is 23.4 Å². The lowest BCUT2D eigenvalue weighted by Gasteiger charge is -2.65. The number of cyclic esters (lactones) is 2. The van der Waals surface area contributed by atoms with Gasteiger partial charge >= 0.3 is 11.9 Å². The summed E-state index contributed by atoms with van der Waals surface area (Å²) in [4.78, 5) is 39.7. The number of ketones is 1. The minimum atomic E-state index is -0.976. The van der Waals surface area contributed by atoms with Crippen molar-refractivity contribution >= 4 is 17.7 Å². The maximum Gasteiger partial charge on any atom is 0.339 e. The molecule has 5 heterocycles. The molecule has 2 saturated carbocycles. The van der Waals surface area contributed by atoms with Crippen LogP contribution in [0, 0.1) is 28.1 Å². The van der Waals surface area contributed by atoms with Crippen LogP contribution in [0.4, 0.5) is 0 Å². The van der Waals surface area contributed by atoms with Crippen molar-refractivity contribution in [1.29, 1.82) is 0 Å². The molecule has 6 fully saturated rings. The van der Waals surface area contributed by atoms with Crippen molar-refractivity contribution in [3.05, 3.63) is 24.2 Å². The molecule has 6 aliphatic rings. The molecule has 34 heavy (non-hydrogen) atoms. The number of epoxide rings is 1. The minimum Gasteiger partial charge on any atom is -0.472 e. The van der Waals surface area contributed by atoms with E-state index in [1.807, 2.05) is 26.8 Å². The molecule has 1 unspecified atom stereocenters. The molecule has 7 rings (SSSR count). The second kappa shape index (κ2) is 5.95. The number of furan rings is 1. The van der Waals surface area contributed by atoms with Gasteiger partial charge in [-0.2, -0.15) is 0 Å². The largest absolute Gasteiger partial charge is 0.472 e. The highest BCUT2D eigenvalue weighted by Crippen LogP contribution is 2.79. The topological polar surface area (TPSA) is 105 Å². The Kier molecular flexibility index (Phi) is 3.70. The molecule has 2 spiro atoms. The fourth-order valence-electron chi connectivity index (χ4n) is 9.34. The molecule has 182 valence electrons. The standard InChI is InChI=1S/C26H30O8/c1-22(2)15-9-16(27)24(4)14(25(15)12-31-18(28)10-17(25)33-22)5-7-23(3)19(13-6-8-30-11-13)32-21(29)20-26(23,24)34-20/h6,8,11,14-15,17,19-20H,5,7,9-10,12H2,1-4H3/t14?,15-,17-,19-,20+,23-,24-,25+,26+/m0/s1. The number of esters is 2. The van der Waals surface area contributed by atoms with Gasteiger partial charge in [0.15, 0.2) is 6.10 Å². The van der Waals surface area contributed by atoms with E-state index < -0.39 is 45.6 Å². The molecule has 9 atom stereocenters. The van der Waals surface area contributed by atoms with Gasteiger partial charge in [0.1, 0.15) is 24.1 Å². The van der Waals surface area contributed by atoms with Gasteiger partial charge in [0.25, 0.3) is 0 Å². The number of ether oxygens (including phenoxy) is 4. The predicted molar refractivity (Wildman–Crippen MR) is 114 cm³/mol. The SMILES string of the molecule is CC1(C)O[C@H]2CC(=O)OC[C@]23C2CC[C@@]4(C)[C@H](c5ccoc5)OC(=O)[C@H]5O[C@]54[C@]2(C)C(=O)C[C@@H]13. The Morgan fingerprint density at radius 3 is 2.50 bits per heavy atom. The van der Waals surface area contributed by atoms with Crippen LogP contribution < -0.4 is 0 Å². The maximum atomic E-state index is 14.2. The second-order valence-electron chi connectivity index (χ2n) is 12.2. The van der Waals surface area contributed by atoms with Crippen LogP contribution >= 0.6 is 0 Å². The first-order valence-corrected chi connectivity index (χ1v) is 12.3. The lowest BCUT2D eigenvalue weighted by molar-refractivity contribution is -0.225. The zero-order valence-corrected chi connectivity index (χ0v) is 19.9. The third kappa shape index (κ3) is 2.02. The van der Waals surface area contributed by atoms with E-state index >= 15 is 0 Å². The van der Waals surface area contributed by atoms with E-state index in [9.17, 15) is 14.4 Å². The zero-order valence-electron chi connectivity index (χ0n) is 19.9. The average molecular weight is 471 g/mol. The smallest absolute Gasteiger partial charge is 0.339 e. The zero-order chi connectivity index (χ0) is 23.9. The van der Waals surface area contributed by atoms with Crippen molar-refractivity contribution in [3.63, 3.8) is 0 Å². The number of fused-ring (bicyclic) bond motifs is 1. The number of Topliss-reactive ketones (excluding diaryl/α,β-unsaturated/α-hetero) is 1. The minimum absolute atomic E-state index is 0.0677. The Morgan fingerprint density at radius 1 is 0.971 bits per heavy atom. The molecule has 0 bridgehead atoms. The van der Waals surface area contributed by atoms with Gasteiger partial charge in [-0.1, -0.05) is 6.92 Å². The van der Waals surface area contributed by atoms with E-state index in [1.54, 1.807) is 12.5 Å². The Labute approximate surface area is 197 Å². The molecule has 8 nitrogen and oxygen atoms in total. The number of rotatable bonds is 1. The lowest BCUT2D eigenvalue weighted by Crippen LogP contribution is -2.72. The number of hydrogen-bond acceptors (Lipinski definition) is 8. The fourth-order valence-corrected chi connectivity index (χ4v) is 9.34. The molecule has 0 aromatic carbocycles. The van der Waals surface area contributed by atoms with Crippen molar-refractivity contribution in [3.8, 4) is 0 Å². The van der Waals surface area contributed by atoms with E-state index in [4.69, 9.17) is 23.4 Å². The van der Waals surface area contributed by atoms with Gasteiger partial charge in [0.2, 0.25) is 0 Å². The third-order valence-corrected chi connectivity index (χ3v) is 10.7. The molecule has 0 N–H and O–H groups in total. The average Bonchev–Trinajstić information content (AvgIpc) is 3.26. The van der Waals surface area contributed by atoms with E-state index in [-0.39, 0.29) is 42.7 Å². The monoisotopic (exact) mass is 470 g/mol. The van der Waals surface area contributed by atoms with Crippen LogP contribution in [0.2, 0.25) is 0 Å². The number of carbonyl (C=O) groups excluding carboxylic acids is 3. The molecule has 1 aromatic heterocycles. The first kappa shape index (κ1) is 21.1. The van der Waals surface area contributed by atoms with Gasteiger partial charge in [-0.05, 0) is 45.6 Å². The van der Waals surface area contributed by atoms with Crippen LogP contribution in [-0.2, 0) is 33.3 Å². The molecule has 2 aliphatic carbocycles. The highest BCUT2D eigenvalue weighted by atomic mass is 16.7. The highest BCUT2D eigenvalue weighted by molar-refractivity contribution is 5.93. The number of carbonyl (C=O) groups is 3. The lowest BCUT2D eigenvalue weighted by atomic mass is 9.37. The summed E-state index contributed by atoms with van der Waals surface area (Å²) in [5.74, 6) is -0.780. The van der Waals surface area contributed by atoms with Crippen molar-refractivity contribution in [2.45, 2.75) is 82.9 Å². The van der Waals surface area contributed by atoms with E-state index in [0.717, 1.165) is 12.0 Å². The van der Waals surface area contributed by atoms with E-state index in [1.165, 1.54) is 0 Å². The Bertz CT molecular complexity index is 1120.